The van der Waals surface area contributed by atoms with Gasteiger partial charge in [0.1, 0.15) is 5.82 Å². The summed E-state index contributed by atoms with van der Waals surface area (Å²) < 4.78 is 6.42. The Hall–Kier alpha value is -1.89. The molecule has 7 nitrogen and oxygen atoms in total. The Bertz CT molecular complexity index is 520. The van der Waals surface area contributed by atoms with E-state index in [-0.39, 0.29) is 17.0 Å². The number of ether oxygens (including phenoxy) is 1. The number of carboxylic acid groups (broad SMARTS) is 1. The van der Waals surface area contributed by atoms with Crippen LogP contribution in [-0.4, -0.2) is 40.5 Å². The Morgan fingerprint density at radius 1 is 1.55 bits per heavy atom. The average molecular weight is 281 g/mol. The van der Waals surface area contributed by atoms with Crippen molar-refractivity contribution in [1.29, 1.82) is 0 Å². The molecule has 1 aliphatic rings. The molecule has 20 heavy (non-hydrogen) atoms. The molecule has 2 N–H and O–H groups in total. The highest BCUT2D eigenvalue weighted by atomic mass is 16.5. The topological polar surface area (TPSA) is 93.4 Å². The molecule has 0 radical (unpaired) electrons. The lowest BCUT2D eigenvalue weighted by atomic mass is 9.66. The molecule has 1 fully saturated rings. The highest BCUT2D eigenvalue weighted by molar-refractivity contribution is 5.96. The van der Waals surface area contributed by atoms with Gasteiger partial charge in [-0.3, -0.25) is 9.48 Å². The summed E-state index contributed by atoms with van der Waals surface area (Å²) in [5, 5.41) is 15.5. The van der Waals surface area contributed by atoms with Gasteiger partial charge in [-0.25, -0.2) is 4.79 Å². The van der Waals surface area contributed by atoms with Crippen LogP contribution in [0, 0.1) is 5.41 Å². The van der Waals surface area contributed by atoms with Gasteiger partial charge in [0, 0.05) is 26.8 Å². The van der Waals surface area contributed by atoms with Crippen LogP contribution in [0.5, 0.6) is 0 Å². The molecule has 2 rings (SSSR count). The molecular weight excluding hydrogens is 262 g/mol. The van der Waals surface area contributed by atoms with Crippen molar-refractivity contribution in [3.8, 4) is 0 Å². The van der Waals surface area contributed by atoms with Gasteiger partial charge in [-0.15, -0.1) is 0 Å². The van der Waals surface area contributed by atoms with Gasteiger partial charge in [0.2, 0.25) is 5.91 Å². The van der Waals surface area contributed by atoms with Gasteiger partial charge in [0.25, 0.3) is 0 Å². The van der Waals surface area contributed by atoms with E-state index in [0.29, 0.717) is 18.8 Å². The van der Waals surface area contributed by atoms with Gasteiger partial charge in [0.15, 0.2) is 5.69 Å². The number of aromatic carboxylic acids is 1. The lowest BCUT2D eigenvalue weighted by Gasteiger charge is -2.40. The van der Waals surface area contributed by atoms with Crippen molar-refractivity contribution in [2.75, 3.05) is 19.0 Å². The Morgan fingerprint density at radius 2 is 2.25 bits per heavy atom. The number of amides is 1. The second-order valence-corrected chi connectivity index (χ2v) is 5.17. The largest absolute Gasteiger partial charge is 0.476 e. The molecule has 1 heterocycles. The van der Waals surface area contributed by atoms with Crippen LogP contribution in [0.3, 0.4) is 0 Å². The minimum Gasteiger partial charge on any atom is -0.476 e. The first kappa shape index (κ1) is 14.5. The third-order valence-electron chi connectivity index (χ3n) is 3.92. The van der Waals surface area contributed by atoms with Crippen molar-refractivity contribution in [1.82, 2.24) is 9.78 Å². The van der Waals surface area contributed by atoms with Crippen molar-refractivity contribution >= 4 is 17.7 Å². The molecule has 7 heteroatoms. The summed E-state index contributed by atoms with van der Waals surface area (Å²) in [6.07, 6.45) is 3.39. The molecule has 1 aromatic rings. The predicted molar refractivity (Wildman–Crippen MR) is 71.6 cm³/mol. The summed E-state index contributed by atoms with van der Waals surface area (Å²) in [7, 11) is 3.22. The van der Waals surface area contributed by atoms with Crippen LogP contribution in [0.1, 0.15) is 36.2 Å². The van der Waals surface area contributed by atoms with Crippen LogP contribution in [0.25, 0.3) is 0 Å². The molecule has 0 bridgehead atoms. The molecular formula is C13H19N3O4. The SMILES string of the molecule is COCCC1(C(=O)Nc2cc(C(=O)O)nn2C)CCC1. The minimum atomic E-state index is -1.11. The summed E-state index contributed by atoms with van der Waals surface area (Å²) in [5.74, 6) is -0.796. The first-order valence-electron chi connectivity index (χ1n) is 6.56. The number of aryl methyl sites for hydroxylation is 1. The molecule has 0 atom stereocenters. The fourth-order valence-electron chi connectivity index (χ4n) is 2.43. The number of aromatic nitrogens is 2. The first-order valence-corrected chi connectivity index (χ1v) is 6.56. The Kier molecular flexibility index (Phi) is 4.08. The standard InChI is InChI=1S/C13H19N3O4/c1-16-10(8-9(15-16)11(17)18)14-12(19)13(4-3-5-13)6-7-20-2/h8H,3-7H2,1-2H3,(H,14,19)(H,17,18). The zero-order valence-corrected chi connectivity index (χ0v) is 11.7. The monoisotopic (exact) mass is 281 g/mol. The number of rotatable bonds is 6. The maximum atomic E-state index is 12.4. The first-order chi connectivity index (χ1) is 9.48. The van der Waals surface area contributed by atoms with Crippen LogP contribution >= 0.6 is 0 Å². The molecule has 1 aliphatic carbocycles. The van der Waals surface area contributed by atoms with Crippen LogP contribution in [-0.2, 0) is 16.6 Å². The number of methoxy groups -OCH3 is 1. The highest BCUT2D eigenvalue weighted by Crippen LogP contribution is 2.44. The normalized spacial score (nSPS) is 16.5. The maximum Gasteiger partial charge on any atom is 0.356 e. The van der Waals surface area contributed by atoms with E-state index < -0.39 is 5.97 Å². The van der Waals surface area contributed by atoms with Gasteiger partial charge < -0.3 is 15.2 Å². The van der Waals surface area contributed by atoms with E-state index in [1.165, 1.54) is 10.7 Å². The molecule has 0 unspecified atom stereocenters. The predicted octanol–water partition coefficient (Wildman–Crippen LogP) is 1.26. The lowest BCUT2D eigenvalue weighted by Crippen LogP contribution is -2.43. The van der Waals surface area contributed by atoms with Crippen LogP contribution < -0.4 is 5.32 Å². The third-order valence-corrected chi connectivity index (χ3v) is 3.92. The van der Waals surface area contributed by atoms with Gasteiger partial charge in [-0.1, -0.05) is 6.42 Å². The molecule has 0 aromatic carbocycles. The zero-order chi connectivity index (χ0) is 14.8. The second kappa shape index (κ2) is 5.62. The quantitative estimate of drug-likeness (QED) is 0.818. The number of carbonyl (C=O) groups excluding carboxylic acids is 1. The highest BCUT2D eigenvalue weighted by Gasteiger charge is 2.43. The number of hydrogen-bond donors (Lipinski definition) is 2. The Morgan fingerprint density at radius 3 is 2.70 bits per heavy atom. The second-order valence-electron chi connectivity index (χ2n) is 5.17. The average Bonchev–Trinajstić information content (AvgIpc) is 2.70. The number of carboxylic acids is 1. The summed E-state index contributed by atoms with van der Waals surface area (Å²) in [6.45, 7) is 0.541. The van der Waals surface area contributed by atoms with Gasteiger partial charge in [0.05, 0.1) is 5.41 Å². The van der Waals surface area contributed by atoms with Crippen LogP contribution in [0.2, 0.25) is 0 Å². The molecule has 110 valence electrons. The van der Waals surface area contributed by atoms with E-state index in [0.717, 1.165) is 19.3 Å². The van der Waals surface area contributed by atoms with Crippen molar-refractivity contribution in [3.05, 3.63) is 11.8 Å². The van der Waals surface area contributed by atoms with E-state index >= 15 is 0 Å². The van der Waals surface area contributed by atoms with E-state index in [1.807, 2.05) is 0 Å². The molecule has 0 saturated heterocycles. The third kappa shape index (κ3) is 2.67. The molecule has 0 aliphatic heterocycles. The van der Waals surface area contributed by atoms with Gasteiger partial charge in [-0.2, -0.15) is 5.10 Å². The number of carbonyl (C=O) groups is 2. The summed E-state index contributed by atoms with van der Waals surface area (Å²) in [4.78, 5) is 23.3. The number of nitrogens with zero attached hydrogens (tertiary/aromatic N) is 2. The minimum absolute atomic E-state index is 0.0812. The van der Waals surface area contributed by atoms with Crippen molar-refractivity contribution in [3.63, 3.8) is 0 Å². The summed E-state index contributed by atoms with van der Waals surface area (Å²) >= 11 is 0. The number of anilines is 1. The van der Waals surface area contributed by atoms with E-state index in [4.69, 9.17) is 9.84 Å². The molecule has 1 amide bonds. The van der Waals surface area contributed by atoms with Crippen LogP contribution in [0.4, 0.5) is 5.82 Å². The van der Waals surface area contributed by atoms with Gasteiger partial charge >= 0.3 is 5.97 Å². The van der Waals surface area contributed by atoms with Gasteiger partial charge in [-0.05, 0) is 19.3 Å². The van der Waals surface area contributed by atoms with Crippen LogP contribution in [0.15, 0.2) is 6.07 Å². The number of nitrogens with one attached hydrogen (secondary N) is 1. The molecule has 1 aromatic heterocycles. The zero-order valence-electron chi connectivity index (χ0n) is 11.7. The Labute approximate surface area is 116 Å². The molecule has 0 spiro atoms. The maximum absolute atomic E-state index is 12.4. The van der Waals surface area contributed by atoms with E-state index in [1.54, 1.807) is 14.2 Å². The smallest absolute Gasteiger partial charge is 0.356 e. The van der Waals surface area contributed by atoms with E-state index in [2.05, 4.69) is 10.4 Å². The summed E-state index contributed by atoms with van der Waals surface area (Å²) in [6, 6.07) is 1.36. The van der Waals surface area contributed by atoms with E-state index in [9.17, 15) is 9.59 Å². The fraction of sp³-hybridized carbons (Fsp3) is 0.615. The van der Waals surface area contributed by atoms with Crippen molar-refractivity contribution < 1.29 is 19.4 Å². The Balaban J connectivity index is 2.08. The van der Waals surface area contributed by atoms with Crippen molar-refractivity contribution in [2.45, 2.75) is 25.7 Å². The lowest BCUT2D eigenvalue weighted by molar-refractivity contribution is -0.131. The summed E-state index contributed by atoms with van der Waals surface area (Å²) in [5.41, 5.74) is -0.466. The fourth-order valence-corrected chi connectivity index (χ4v) is 2.43. The van der Waals surface area contributed by atoms with Crippen molar-refractivity contribution in [2.24, 2.45) is 12.5 Å². The number of hydrogen-bond acceptors (Lipinski definition) is 4. The molecule has 1 saturated carbocycles.